The second-order valence-corrected chi connectivity index (χ2v) is 14.3. The van der Waals surface area contributed by atoms with Gasteiger partial charge >= 0.3 is 0 Å². The van der Waals surface area contributed by atoms with E-state index in [0.717, 1.165) is 84.7 Å². The monoisotopic (exact) mass is 697 g/mol. The Hall–Kier alpha value is -6.63. The van der Waals surface area contributed by atoms with Crippen molar-refractivity contribution in [3.05, 3.63) is 163 Å². The van der Waals surface area contributed by atoms with Gasteiger partial charge in [0.2, 0.25) is 0 Å². The number of rotatable bonds is 6. The minimum absolute atomic E-state index is 0.678. The first-order valence-corrected chi connectivity index (χ1v) is 18.6. The predicted molar refractivity (Wildman–Crippen MR) is 220 cm³/mol. The van der Waals surface area contributed by atoms with Crippen LogP contribution in [-0.2, 0) is 6.42 Å². The van der Waals surface area contributed by atoms with Crippen LogP contribution in [0.4, 0.5) is 5.69 Å². The van der Waals surface area contributed by atoms with E-state index in [9.17, 15) is 0 Å². The molecule has 5 nitrogen and oxygen atoms in total. The van der Waals surface area contributed by atoms with E-state index in [-0.39, 0.29) is 0 Å². The van der Waals surface area contributed by atoms with Crippen molar-refractivity contribution in [2.75, 3.05) is 0 Å². The Kier molecular flexibility index (Phi) is 7.73. The maximum Gasteiger partial charge on any atom is 0.160 e. The number of aromatic nitrogens is 4. The summed E-state index contributed by atoms with van der Waals surface area (Å²) in [6, 6.07) is 53.0. The fourth-order valence-electron chi connectivity index (χ4n) is 7.15. The van der Waals surface area contributed by atoms with Crippen molar-refractivity contribution in [3.8, 4) is 66.7 Å². The minimum atomic E-state index is 0.678. The van der Waals surface area contributed by atoms with Crippen molar-refractivity contribution in [2.45, 2.75) is 12.8 Å². The Morgan fingerprint density at radius 1 is 0.509 bits per heavy atom. The third-order valence-corrected chi connectivity index (χ3v) is 11.0. The van der Waals surface area contributed by atoms with Gasteiger partial charge in [0.15, 0.2) is 5.82 Å². The van der Waals surface area contributed by atoms with Crippen LogP contribution in [0.1, 0.15) is 12.0 Å². The lowest BCUT2D eigenvalue weighted by Crippen LogP contribution is -1.98. The third-order valence-electron chi connectivity index (χ3n) is 9.90. The van der Waals surface area contributed by atoms with Crippen LogP contribution in [-0.4, -0.2) is 26.2 Å². The standard InChI is InChI=1S/C47H31N5S/c1-2-8-30(9-3-1)31-14-18-33(19-15-31)41-29-42(34-20-24-36(25-21-34)47-52-40-12-4-5-13-43(40)53-47)51-46(50-41)35-22-16-32(17-23-35)39-28-37-10-6-26-48-44(37)45-38(39)11-7-27-49-45/h1-5,7-9,11-29H,6,10H2. The van der Waals surface area contributed by atoms with E-state index in [1.54, 1.807) is 11.3 Å². The Labute approximate surface area is 311 Å². The fraction of sp³-hybridized carbons (Fsp3) is 0.0426. The Balaban J connectivity index is 1.05. The topological polar surface area (TPSA) is 63.9 Å². The van der Waals surface area contributed by atoms with Gasteiger partial charge in [0.05, 0.1) is 32.8 Å². The van der Waals surface area contributed by atoms with Crippen molar-refractivity contribution >= 4 is 44.4 Å². The molecule has 9 aromatic rings. The molecule has 0 fully saturated rings. The van der Waals surface area contributed by atoms with Crippen LogP contribution >= 0.6 is 11.3 Å². The molecule has 0 saturated heterocycles. The number of hydrogen-bond acceptors (Lipinski definition) is 6. The average molecular weight is 698 g/mol. The first-order valence-electron chi connectivity index (χ1n) is 17.8. The molecule has 0 saturated carbocycles. The fourth-order valence-corrected chi connectivity index (χ4v) is 8.12. The maximum absolute atomic E-state index is 5.16. The van der Waals surface area contributed by atoms with Gasteiger partial charge < -0.3 is 0 Å². The van der Waals surface area contributed by atoms with Crippen LogP contribution < -0.4 is 0 Å². The van der Waals surface area contributed by atoms with Crippen LogP contribution in [0.2, 0.25) is 0 Å². The highest BCUT2D eigenvalue weighted by Gasteiger charge is 2.17. The number of benzene rings is 6. The number of nitrogens with zero attached hydrogens (tertiary/aromatic N) is 5. The molecule has 250 valence electrons. The molecule has 0 spiro atoms. The summed E-state index contributed by atoms with van der Waals surface area (Å²) in [6.45, 7) is 0. The van der Waals surface area contributed by atoms with E-state index in [4.69, 9.17) is 24.9 Å². The van der Waals surface area contributed by atoms with Gasteiger partial charge in [-0.1, -0.05) is 121 Å². The van der Waals surface area contributed by atoms with E-state index >= 15 is 0 Å². The summed E-state index contributed by atoms with van der Waals surface area (Å²) in [5.74, 6) is 0.678. The molecule has 10 rings (SSSR count). The molecule has 0 radical (unpaired) electrons. The van der Waals surface area contributed by atoms with Gasteiger partial charge in [-0.2, -0.15) is 0 Å². The summed E-state index contributed by atoms with van der Waals surface area (Å²) in [6.07, 6.45) is 5.76. The van der Waals surface area contributed by atoms with E-state index in [1.807, 2.05) is 30.6 Å². The summed E-state index contributed by atoms with van der Waals surface area (Å²) in [7, 11) is 0. The molecule has 6 heteroatoms. The van der Waals surface area contributed by atoms with E-state index in [0.29, 0.717) is 5.82 Å². The Bertz CT molecular complexity index is 2770. The van der Waals surface area contributed by atoms with Gasteiger partial charge in [-0.15, -0.1) is 11.3 Å². The lowest BCUT2D eigenvalue weighted by Gasteiger charge is -2.16. The van der Waals surface area contributed by atoms with Crippen molar-refractivity contribution in [2.24, 2.45) is 4.99 Å². The summed E-state index contributed by atoms with van der Waals surface area (Å²) >= 11 is 1.71. The highest BCUT2D eigenvalue weighted by molar-refractivity contribution is 7.21. The lowest BCUT2D eigenvalue weighted by molar-refractivity contribution is 1.03. The SMILES string of the molecule is C1=Nc2c(cc(-c3ccc(-c4nc(-c5ccc(-c6ccccc6)cc5)cc(-c5ccc(-c6nc7ccccc7s6)cc5)n4)cc3)c3cccnc23)CC1. The highest BCUT2D eigenvalue weighted by atomic mass is 32.1. The molecular weight excluding hydrogens is 667 g/mol. The maximum atomic E-state index is 5.16. The normalized spacial score (nSPS) is 12.3. The van der Waals surface area contributed by atoms with Gasteiger partial charge in [0.25, 0.3) is 0 Å². The number of thiazole rings is 1. The van der Waals surface area contributed by atoms with E-state index < -0.39 is 0 Å². The van der Waals surface area contributed by atoms with Crippen LogP contribution in [0.15, 0.2) is 163 Å². The molecule has 1 aliphatic rings. The van der Waals surface area contributed by atoms with Crippen LogP contribution in [0.25, 0.3) is 87.8 Å². The minimum Gasteiger partial charge on any atom is -0.259 e. The molecular formula is C47H31N5S. The van der Waals surface area contributed by atoms with E-state index in [1.165, 1.54) is 21.4 Å². The molecule has 0 bridgehead atoms. The van der Waals surface area contributed by atoms with Gasteiger partial charge in [0, 0.05) is 40.1 Å². The number of fused-ring (bicyclic) bond motifs is 4. The summed E-state index contributed by atoms with van der Waals surface area (Å²) in [5.41, 5.74) is 14.7. The second-order valence-electron chi connectivity index (χ2n) is 13.2. The van der Waals surface area contributed by atoms with Crippen LogP contribution in [0.3, 0.4) is 0 Å². The summed E-state index contributed by atoms with van der Waals surface area (Å²) < 4.78 is 1.19. The molecule has 6 aromatic carbocycles. The molecule has 0 N–H and O–H groups in total. The quantitative estimate of drug-likeness (QED) is 0.173. The molecule has 4 heterocycles. The van der Waals surface area contributed by atoms with Crippen LogP contribution in [0.5, 0.6) is 0 Å². The Morgan fingerprint density at radius 2 is 1.15 bits per heavy atom. The number of para-hydroxylation sites is 1. The highest BCUT2D eigenvalue weighted by Crippen LogP contribution is 2.39. The van der Waals surface area contributed by atoms with Crippen molar-refractivity contribution in [3.63, 3.8) is 0 Å². The molecule has 53 heavy (non-hydrogen) atoms. The number of hydrogen-bond donors (Lipinski definition) is 0. The van der Waals surface area contributed by atoms with Crippen molar-refractivity contribution < 1.29 is 0 Å². The zero-order valence-corrected chi connectivity index (χ0v) is 29.5. The zero-order valence-electron chi connectivity index (χ0n) is 28.6. The predicted octanol–water partition coefficient (Wildman–Crippen LogP) is 12.3. The van der Waals surface area contributed by atoms with E-state index in [2.05, 4.69) is 133 Å². The first-order chi connectivity index (χ1) is 26.2. The number of aryl methyl sites for hydroxylation is 1. The molecule has 0 atom stereocenters. The molecule has 0 unspecified atom stereocenters. The molecule has 3 aromatic heterocycles. The summed E-state index contributed by atoms with van der Waals surface area (Å²) in [4.78, 5) is 24.6. The lowest BCUT2D eigenvalue weighted by atomic mass is 9.93. The smallest absolute Gasteiger partial charge is 0.160 e. The van der Waals surface area contributed by atoms with Crippen molar-refractivity contribution in [1.82, 2.24) is 19.9 Å². The van der Waals surface area contributed by atoms with Gasteiger partial charge in [0.1, 0.15) is 5.01 Å². The molecule has 1 aliphatic heterocycles. The zero-order chi connectivity index (χ0) is 35.1. The molecule has 0 amide bonds. The van der Waals surface area contributed by atoms with Gasteiger partial charge in [-0.05, 0) is 71.0 Å². The first kappa shape index (κ1) is 31.1. The second kappa shape index (κ2) is 13.2. The Morgan fingerprint density at radius 3 is 1.91 bits per heavy atom. The number of aliphatic imine (C=N–C) groups is 1. The number of pyridine rings is 1. The van der Waals surface area contributed by atoms with Gasteiger partial charge in [-0.3, -0.25) is 9.98 Å². The third kappa shape index (κ3) is 5.89. The summed E-state index contributed by atoms with van der Waals surface area (Å²) in [5, 5.41) is 2.11. The van der Waals surface area contributed by atoms with Gasteiger partial charge in [-0.25, -0.2) is 15.0 Å². The molecule has 0 aliphatic carbocycles. The average Bonchev–Trinajstić information content (AvgIpc) is 3.68. The van der Waals surface area contributed by atoms with Crippen molar-refractivity contribution in [1.29, 1.82) is 0 Å². The van der Waals surface area contributed by atoms with Crippen LogP contribution in [0, 0.1) is 0 Å². The largest absolute Gasteiger partial charge is 0.259 e.